The van der Waals surface area contributed by atoms with E-state index in [1.54, 1.807) is 37.4 Å². The monoisotopic (exact) mass is 605 g/mol. The minimum Gasteiger partial charge on any atom is -0.496 e. The molecule has 0 radical (unpaired) electrons. The van der Waals surface area contributed by atoms with E-state index in [2.05, 4.69) is 14.6 Å². The Balaban J connectivity index is 1.39. The zero-order valence-electron chi connectivity index (χ0n) is 24.2. The first-order chi connectivity index (χ1) is 20.8. The van der Waals surface area contributed by atoms with Gasteiger partial charge in [-0.3, -0.25) is 10.1 Å². The summed E-state index contributed by atoms with van der Waals surface area (Å²) in [7, 11) is -0.875. The van der Waals surface area contributed by atoms with E-state index in [-0.39, 0.29) is 16.6 Å². The third-order valence-electron chi connectivity index (χ3n) is 7.53. The van der Waals surface area contributed by atoms with Crippen LogP contribution in [0.1, 0.15) is 47.2 Å². The molecule has 2 N–H and O–H groups in total. The van der Waals surface area contributed by atoms with Gasteiger partial charge in [0.2, 0.25) is 0 Å². The number of methoxy groups -OCH3 is 2. The van der Waals surface area contributed by atoms with E-state index in [1.807, 2.05) is 24.4 Å². The molecule has 0 bridgehead atoms. The highest BCUT2D eigenvalue weighted by Crippen LogP contribution is 2.31. The number of fused-ring (bicyclic) bond motifs is 1. The summed E-state index contributed by atoms with van der Waals surface area (Å²) in [5.41, 5.74) is 3.52. The number of hydrogen-bond donors (Lipinski definition) is 2. The fourth-order valence-electron chi connectivity index (χ4n) is 5.35. The van der Waals surface area contributed by atoms with Crippen molar-refractivity contribution >= 4 is 38.6 Å². The highest BCUT2D eigenvalue weighted by atomic mass is 32.2. The number of carbonyl (C=O) groups is 2. The van der Waals surface area contributed by atoms with Gasteiger partial charge in [-0.25, -0.2) is 17.9 Å². The molecular formula is C32H35N3O7S. The number of benzene rings is 3. The van der Waals surface area contributed by atoms with Gasteiger partial charge in [-0.05, 0) is 79.3 Å². The molecule has 1 aromatic heterocycles. The molecule has 2 amide bonds. The third-order valence-corrected chi connectivity index (χ3v) is 8.88. The van der Waals surface area contributed by atoms with Crippen LogP contribution in [-0.2, 0) is 32.5 Å². The van der Waals surface area contributed by atoms with Crippen molar-refractivity contribution in [1.29, 1.82) is 0 Å². The molecule has 0 unspecified atom stereocenters. The highest BCUT2D eigenvalue weighted by Gasteiger charge is 2.21. The van der Waals surface area contributed by atoms with E-state index in [0.717, 1.165) is 47.7 Å². The van der Waals surface area contributed by atoms with Gasteiger partial charge in [0.25, 0.3) is 15.9 Å². The first-order valence-corrected chi connectivity index (χ1v) is 15.6. The van der Waals surface area contributed by atoms with Crippen molar-refractivity contribution in [3.63, 3.8) is 0 Å². The zero-order chi connectivity index (χ0) is 30.4. The Labute approximate surface area is 251 Å². The Kier molecular flexibility index (Phi) is 9.32. The summed E-state index contributed by atoms with van der Waals surface area (Å²) in [5, 5.41) is 3.80. The topological polar surface area (TPSA) is 125 Å². The molecule has 0 atom stereocenters. The summed E-state index contributed by atoms with van der Waals surface area (Å²) in [6.07, 6.45) is 5.93. The molecule has 1 heterocycles. The number of carbonyl (C=O) groups excluding carboxylic acids is 2. The highest BCUT2D eigenvalue weighted by molar-refractivity contribution is 7.90. The molecule has 4 aromatic rings. The average molecular weight is 606 g/mol. The summed E-state index contributed by atoms with van der Waals surface area (Å²) >= 11 is 0. The van der Waals surface area contributed by atoms with Crippen LogP contribution in [-0.4, -0.2) is 51.9 Å². The van der Waals surface area contributed by atoms with Gasteiger partial charge in [0.15, 0.2) is 0 Å². The number of aromatic nitrogens is 1. The van der Waals surface area contributed by atoms with Crippen molar-refractivity contribution in [2.24, 2.45) is 0 Å². The number of sulfonamides is 1. The number of nitrogens with zero attached hydrogens (tertiary/aromatic N) is 1. The second-order valence-corrected chi connectivity index (χ2v) is 12.1. The van der Waals surface area contributed by atoms with Crippen LogP contribution in [0.15, 0.2) is 77.8 Å². The third kappa shape index (κ3) is 7.18. The van der Waals surface area contributed by atoms with Crippen LogP contribution in [0.25, 0.3) is 10.9 Å². The molecule has 1 aliphatic carbocycles. The fourth-order valence-corrected chi connectivity index (χ4v) is 6.34. The second kappa shape index (κ2) is 13.3. The molecule has 1 aliphatic rings. The quantitative estimate of drug-likeness (QED) is 0.231. The Morgan fingerprint density at radius 3 is 2.44 bits per heavy atom. The Hall–Kier alpha value is -4.35. The molecule has 3 aromatic carbocycles. The lowest BCUT2D eigenvalue weighted by Crippen LogP contribution is -2.30. The number of ether oxygens (including phenoxy) is 3. The number of nitrogens with one attached hydrogen (secondary N) is 2. The van der Waals surface area contributed by atoms with Gasteiger partial charge in [0, 0.05) is 48.4 Å². The van der Waals surface area contributed by atoms with Crippen molar-refractivity contribution in [1.82, 2.24) is 9.29 Å². The van der Waals surface area contributed by atoms with Crippen LogP contribution < -0.4 is 14.8 Å². The summed E-state index contributed by atoms with van der Waals surface area (Å²) < 4.78 is 46.0. The number of anilines is 1. The van der Waals surface area contributed by atoms with Crippen LogP contribution in [0.2, 0.25) is 0 Å². The van der Waals surface area contributed by atoms with E-state index in [4.69, 9.17) is 14.2 Å². The van der Waals surface area contributed by atoms with E-state index in [9.17, 15) is 18.0 Å². The maximum absolute atomic E-state index is 12.9. The predicted molar refractivity (Wildman–Crippen MR) is 163 cm³/mol. The van der Waals surface area contributed by atoms with Gasteiger partial charge in [0.05, 0.1) is 18.6 Å². The molecule has 1 fully saturated rings. The van der Waals surface area contributed by atoms with E-state index in [0.29, 0.717) is 31.0 Å². The van der Waals surface area contributed by atoms with Crippen molar-refractivity contribution in [3.05, 3.63) is 89.6 Å². The molecule has 0 aliphatic heterocycles. The van der Waals surface area contributed by atoms with Crippen molar-refractivity contribution < 1.29 is 32.2 Å². The van der Waals surface area contributed by atoms with Crippen molar-refractivity contribution in [2.45, 2.75) is 49.6 Å². The molecular weight excluding hydrogens is 570 g/mol. The van der Waals surface area contributed by atoms with Crippen molar-refractivity contribution in [3.8, 4) is 5.75 Å². The Bertz CT molecular complexity index is 1710. The SMILES string of the molecule is COCCn1cc(Cc2ccc(C(=O)NS(=O)(=O)c3ccccc3)cc2OC)c2cc(NC(=O)OC3CCCC3)ccc21. The van der Waals surface area contributed by atoms with Gasteiger partial charge in [0.1, 0.15) is 11.9 Å². The number of rotatable bonds is 11. The fraction of sp³-hybridized carbons (Fsp3) is 0.312. The molecule has 0 saturated heterocycles. The van der Waals surface area contributed by atoms with E-state index >= 15 is 0 Å². The maximum atomic E-state index is 12.9. The van der Waals surface area contributed by atoms with Gasteiger partial charge < -0.3 is 18.8 Å². The molecule has 11 heteroatoms. The first kappa shape index (κ1) is 30.1. The minimum atomic E-state index is -4.03. The average Bonchev–Trinajstić information content (AvgIpc) is 3.64. The van der Waals surface area contributed by atoms with Gasteiger partial charge >= 0.3 is 6.09 Å². The maximum Gasteiger partial charge on any atom is 0.411 e. The lowest BCUT2D eigenvalue weighted by atomic mass is 10.0. The number of hydrogen-bond acceptors (Lipinski definition) is 7. The van der Waals surface area contributed by atoms with Gasteiger partial charge in [-0.1, -0.05) is 24.3 Å². The summed E-state index contributed by atoms with van der Waals surface area (Å²) in [6, 6.07) is 18.3. The molecule has 5 rings (SSSR count). The Morgan fingerprint density at radius 1 is 0.953 bits per heavy atom. The lowest BCUT2D eigenvalue weighted by Gasteiger charge is -2.13. The van der Waals surface area contributed by atoms with Crippen LogP contribution >= 0.6 is 0 Å². The summed E-state index contributed by atoms with van der Waals surface area (Å²) in [6.45, 7) is 1.16. The summed E-state index contributed by atoms with van der Waals surface area (Å²) in [4.78, 5) is 25.4. The molecule has 43 heavy (non-hydrogen) atoms. The second-order valence-electron chi connectivity index (χ2n) is 10.5. The zero-order valence-corrected chi connectivity index (χ0v) is 25.0. The number of amides is 2. The van der Waals surface area contributed by atoms with Gasteiger partial charge in [-0.2, -0.15) is 0 Å². The van der Waals surface area contributed by atoms with E-state index < -0.39 is 22.0 Å². The largest absolute Gasteiger partial charge is 0.496 e. The molecule has 10 nitrogen and oxygen atoms in total. The van der Waals surface area contributed by atoms with Crippen LogP contribution in [0, 0.1) is 0 Å². The first-order valence-electron chi connectivity index (χ1n) is 14.1. The van der Waals surface area contributed by atoms with Crippen LogP contribution in [0.5, 0.6) is 5.75 Å². The lowest BCUT2D eigenvalue weighted by molar-refractivity contribution is 0.0980. The smallest absolute Gasteiger partial charge is 0.411 e. The molecule has 1 saturated carbocycles. The predicted octanol–water partition coefficient (Wildman–Crippen LogP) is 5.50. The Morgan fingerprint density at radius 2 is 1.72 bits per heavy atom. The normalized spacial score (nSPS) is 13.6. The standard InChI is InChI=1S/C32H35N3O7S/c1-40-17-16-35-21-24(28-20-25(14-15-29(28)35)33-32(37)42-26-8-6-7-9-26)18-22-12-13-23(19-30(22)41-2)31(36)34-43(38,39)27-10-4-3-5-11-27/h3-5,10-15,19-21,26H,6-9,16-18H2,1-2H3,(H,33,37)(H,34,36). The minimum absolute atomic E-state index is 0.00236. The van der Waals surface area contributed by atoms with Crippen molar-refractivity contribution in [2.75, 3.05) is 26.1 Å². The van der Waals surface area contributed by atoms with Crippen LogP contribution in [0.3, 0.4) is 0 Å². The van der Waals surface area contributed by atoms with E-state index in [1.165, 1.54) is 25.3 Å². The molecule has 0 spiro atoms. The van der Waals surface area contributed by atoms with Gasteiger partial charge in [-0.15, -0.1) is 0 Å². The summed E-state index contributed by atoms with van der Waals surface area (Å²) in [5.74, 6) is -0.318. The van der Waals surface area contributed by atoms with Crippen LogP contribution in [0.4, 0.5) is 10.5 Å². The molecule has 226 valence electrons.